The van der Waals surface area contributed by atoms with Gasteiger partial charge in [0, 0.05) is 47.3 Å². The van der Waals surface area contributed by atoms with Crippen LogP contribution in [0.25, 0.3) is 10.9 Å². The normalized spacial score (nSPS) is 16.3. The van der Waals surface area contributed by atoms with Crippen molar-refractivity contribution in [2.75, 3.05) is 25.5 Å². The zero-order valence-electron chi connectivity index (χ0n) is 17.0. The van der Waals surface area contributed by atoms with Crippen molar-refractivity contribution in [2.45, 2.75) is 19.8 Å². The number of anilines is 1. The van der Waals surface area contributed by atoms with Crippen molar-refractivity contribution in [1.29, 1.82) is 0 Å². The van der Waals surface area contributed by atoms with Gasteiger partial charge in [0.2, 0.25) is 11.8 Å². The van der Waals surface area contributed by atoms with Crippen LogP contribution in [0.2, 0.25) is 5.02 Å². The Morgan fingerprint density at radius 2 is 2.13 bits per heavy atom. The highest BCUT2D eigenvalue weighted by molar-refractivity contribution is 6.31. The summed E-state index contributed by atoms with van der Waals surface area (Å²) in [4.78, 5) is 30.1. The summed E-state index contributed by atoms with van der Waals surface area (Å²) < 4.78 is 5.31. The number of likely N-dealkylation sites (tertiary alicyclic amines) is 1. The molecule has 2 amide bonds. The first-order valence-electron chi connectivity index (χ1n) is 9.93. The highest BCUT2D eigenvalue weighted by Crippen LogP contribution is 2.26. The van der Waals surface area contributed by atoms with Crippen LogP contribution in [0.15, 0.2) is 42.6 Å². The number of rotatable bonds is 6. The average Bonchev–Trinajstić information content (AvgIpc) is 3.31. The number of ether oxygens (including phenoxy) is 1. The van der Waals surface area contributed by atoms with Crippen molar-refractivity contribution >= 4 is 40.0 Å². The molecule has 0 aliphatic carbocycles. The summed E-state index contributed by atoms with van der Waals surface area (Å²) in [5, 5.41) is 4.57. The fourth-order valence-electron chi connectivity index (χ4n) is 3.83. The summed E-state index contributed by atoms with van der Waals surface area (Å²) in [6.45, 7) is 2.91. The van der Waals surface area contributed by atoms with Crippen molar-refractivity contribution in [3.05, 3.63) is 58.7 Å². The number of H-pyrrole nitrogens is 1. The van der Waals surface area contributed by atoms with E-state index in [4.69, 9.17) is 16.3 Å². The van der Waals surface area contributed by atoms with Crippen molar-refractivity contribution in [2.24, 2.45) is 5.92 Å². The van der Waals surface area contributed by atoms with Crippen molar-refractivity contribution in [3.8, 4) is 5.75 Å². The molecule has 2 heterocycles. The molecule has 4 rings (SSSR count). The van der Waals surface area contributed by atoms with Crippen LogP contribution in [-0.4, -0.2) is 41.9 Å². The Bertz CT molecular complexity index is 1110. The van der Waals surface area contributed by atoms with Crippen LogP contribution in [0.4, 0.5) is 5.69 Å². The van der Waals surface area contributed by atoms with Crippen LogP contribution >= 0.6 is 11.6 Å². The molecule has 1 atom stereocenters. The molecule has 2 aromatic carbocycles. The Morgan fingerprint density at radius 3 is 2.90 bits per heavy atom. The average molecular weight is 426 g/mol. The zero-order valence-corrected chi connectivity index (χ0v) is 17.8. The zero-order chi connectivity index (χ0) is 21.3. The monoisotopic (exact) mass is 425 g/mol. The number of nitrogens with zero attached hydrogens (tertiary/aromatic N) is 1. The number of nitrogens with one attached hydrogen (secondary N) is 2. The molecule has 1 aliphatic heterocycles. The fourth-order valence-corrected chi connectivity index (χ4v) is 4.01. The van der Waals surface area contributed by atoms with E-state index in [1.54, 1.807) is 18.1 Å². The SMILES string of the molecule is COc1ccc2[nH]cc(CCN3C[C@@H](C(=O)Nc4ccc(C)c(Cl)c4)CC3=O)c2c1. The maximum absolute atomic E-state index is 12.6. The lowest BCUT2D eigenvalue weighted by Crippen LogP contribution is -2.30. The number of aromatic amines is 1. The number of hydrogen-bond acceptors (Lipinski definition) is 3. The van der Waals surface area contributed by atoms with E-state index in [2.05, 4.69) is 10.3 Å². The molecule has 3 aromatic rings. The number of amides is 2. The number of carbonyl (C=O) groups is 2. The summed E-state index contributed by atoms with van der Waals surface area (Å²) in [5.74, 6) is 0.297. The third-order valence-corrected chi connectivity index (χ3v) is 6.06. The Labute approximate surface area is 180 Å². The maximum Gasteiger partial charge on any atom is 0.229 e. The minimum Gasteiger partial charge on any atom is -0.497 e. The third kappa shape index (κ3) is 4.14. The predicted molar refractivity (Wildman–Crippen MR) is 118 cm³/mol. The van der Waals surface area contributed by atoms with Crippen LogP contribution in [0.5, 0.6) is 5.75 Å². The number of aryl methyl sites for hydroxylation is 1. The van der Waals surface area contributed by atoms with Crippen LogP contribution in [0.1, 0.15) is 17.5 Å². The molecule has 1 aromatic heterocycles. The number of aromatic nitrogens is 1. The minimum atomic E-state index is -0.361. The molecule has 1 aliphatic rings. The van der Waals surface area contributed by atoms with Gasteiger partial charge in [0.05, 0.1) is 13.0 Å². The molecule has 0 radical (unpaired) electrons. The van der Waals surface area contributed by atoms with Gasteiger partial charge in [-0.15, -0.1) is 0 Å². The van der Waals surface area contributed by atoms with E-state index in [1.165, 1.54) is 0 Å². The Balaban J connectivity index is 1.38. The number of hydrogen-bond donors (Lipinski definition) is 2. The van der Waals surface area contributed by atoms with Crippen LogP contribution in [0, 0.1) is 12.8 Å². The van der Waals surface area contributed by atoms with Gasteiger partial charge in [-0.25, -0.2) is 0 Å². The molecule has 156 valence electrons. The van der Waals surface area contributed by atoms with Gasteiger partial charge in [-0.2, -0.15) is 0 Å². The second-order valence-electron chi connectivity index (χ2n) is 7.67. The number of carbonyl (C=O) groups excluding carboxylic acids is 2. The Kier molecular flexibility index (Phi) is 5.68. The molecule has 1 saturated heterocycles. The van der Waals surface area contributed by atoms with E-state index in [0.717, 1.165) is 27.8 Å². The van der Waals surface area contributed by atoms with Gasteiger partial charge in [-0.3, -0.25) is 9.59 Å². The lowest BCUT2D eigenvalue weighted by atomic mass is 10.1. The molecule has 0 bridgehead atoms. The summed E-state index contributed by atoms with van der Waals surface area (Å²) in [6.07, 6.45) is 2.91. The van der Waals surface area contributed by atoms with E-state index in [-0.39, 0.29) is 24.2 Å². The van der Waals surface area contributed by atoms with Crippen molar-refractivity contribution in [3.63, 3.8) is 0 Å². The van der Waals surface area contributed by atoms with Gasteiger partial charge in [0.15, 0.2) is 0 Å². The van der Waals surface area contributed by atoms with E-state index >= 15 is 0 Å². The summed E-state index contributed by atoms with van der Waals surface area (Å²) in [7, 11) is 1.64. The van der Waals surface area contributed by atoms with Crippen LogP contribution < -0.4 is 10.1 Å². The molecule has 1 fully saturated rings. The molecule has 0 spiro atoms. The molecule has 2 N–H and O–H groups in total. The van der Waals surface area contributed by atoms with Gasteiger partial charge in [0.1, 0.15) is 5.75 Å². The summed E-state index contributed by atoms with van der Waals surface area (Å²) in [6, 6.07) is 11.3. The molecule has 30 heavy (non-hydrogen) atoms. The molecule has 7 heteroatoms. The van der Waals surface area contributed by atoms with E-state index in [1.807, 2.05) is 43.5 Å². The number of halogens is 1. The summed E-state index contributed by atoms with van der Waals surface area (Å²) in [5.41, 5.74) is 3.76. The second-order valence-corrected chi connectivity index (χ2v) is 8.08. The lowest BCUT2D eigenvalue weighted by Gasteiger charge is -2.16. The van der Waals surface area contributed by atoms with Gasteiger partial charge in [0.25, 0.3) is 0 Å². The third-order valence-electron chi connectivity index (χ3n) is 5.65. The maximum atomic E-state index is 12.6. The molecular weight excluding hydrogens is 402 g/mol. The Morgan fingerprint density at radius 1 is 1.30 bits per heavy atom. The molecule has 6 nitrogen and oxygen atoms in total. The topological polar surface area (TPSA) is 74.4 Å². The van der Waals surface area contributed by atoms with Crippen molar-refractivity contribution in [1.82, 2.24) is 9.88 Å². The number of methoxy groups -OCH3 is 1. The van der Waals surface area contributed by atoms with Gasteiger partial charge in [-0.05, 0) is 54.8 Å². The number of benzene rings is 2. The van der Waals surface area contributed by atoms with E-state index in [0.29, 0.717) is 30.2 Å². The molecule has 0 saturated carbocycles. The largest absolute Gasteiger partial charge is 0.497 e. The minimum absolute atomic E-state index is 0.00881. The van der Waals surface area contributed by atoms with E-state index in [9.17, 15) is 9.59 Å². The fraction of sp³-hybridized carbons (Fsp3) is 0.304. The van der Waals surface area contributed by atoms with Crippen LogP contribution in [0.3, 0.4) is 0 Å². The predicted octanol–water partition coefficient (Wildman–Crippen LogP) is 4.17. The number of fused-ring (bicyclic) bond motifs is 1. The van der Waals surface area contributed by atoms with Crippen LogP contribution in [-0.2, 0) is 16.0 Å². The highest BCUT2D eigenvalue weighted by atomic mass is 35.5. The van der Waals surface area contributed by atoms with Gasteiger partial charge in [-0.1, -0.05) is 17.7 Å². The van der Waals surface area contributed by atoms with Crippen molar-refractivity contribution < 1.29 is 14.3 Å². The molecular formula is C23H24ClN3O3. The molecule has 0 unspecified atom stereocenters. The summed E-state index contributed by atoms with van der Waals surface area (Å²) >= 11 is 6.13. The smallest absolute Gasteiger partial charge is 0.229 e. The van der Waals surface area contributed by atoms with E-state index < -0.39 is 0 Å². The first-order chi connectivity index (χ1) is 14.4. The standard InChI is InChI=1S/C23H24ClN3O3/c1-14-3-4-17(10-20(14)24)26-23(29)16-9-22(28)27(13-16)8-7-15-12-25-21-6-5-18(30-2)11-19(15)21/h3-6,10-12,16,25H,7-9,13H2,1-2H3,(H,26,29)/t16-/m0/s1. The lowest BCUT2D eigenvalue weighted by molar-refractivity contribution is -0.128. The van der Waals surface area contributed by atoms with Gasteiger partial charge < -0.3 is 19.9 Å². The highest BCUT2D eigenvalue weighted by Gasteiger charge is 2.34. The quantitative estimate of drug-likeness (QED) is 0.622. The first kappa shape index (κ1) is 20.3. The second kappa shape index (κ2) is 8.40. The van der Waals surface area contributed by atoms with Gasteiger partial charge >= 0.3 is 0 Å². The first-order valence-corrected chi connectivity index (χ1v) is 10.3. The Hall–Kier alpha value is -2.99.